The monoisotopic (exact) mass is 597 g/mol. The lowest BCUT2D eigenvalue weighted by Crippen LogP contribution is -2.35. The number of aryl methyl sites for hydroxylation is 3. The molecular weight excluding hydrogens is 562 g/mol. The van der Waals surface area contributed by atoms with Crippen molar-refractivity contribution in [2.45, 2.75) is 58.7 Å². The predicted octanol–water partition coefficient (Wildman–Crippen LogP) is 5.85. The number of piperidine rings is 1. The highest BCUT2D eigenvalue weighted by Crippen LogP contribution is 2.35. The van der Waals surface area contributed by atoms with Crippen LogP contribution in [0.4, 0.5) is 5.69 Å². The first-order valence-electron chi connectivity index (χ1n) is 14.8. The maximum Gasteiger partial charge on any atom is 0.259 e. The molecule has 1 aliphatic heterocycles. The molecule has 10 nitrogen and oxygen atoms in total. The van der Waals surface area contributed by atoms with E-state index in [0.29, 0.717) is 29.5 Å². The molecule has 0 saturated carbocycles. The summed E-state index contributed by atoms with van der Waals surface area (Å²) in [6.07, 6.45) is 8.31. The lowest BCUT2D eigenvalue weighted by molar-refractivity contribution is 0.183. The van der Waals surface area contributed by atoms with Crippen molar-refractivity contribution < 1.29 is 0 Å². The Labute approximate surface area is 255 Å². The van der Waals surface area contributed by atoms with E-state index in [2.05, 4.69) is 40.6 Å². The van der Waals surface area contributed by atoms with Crippen LogP contribution in [0, 0.1) is 18.3 Å². The van der Waals surface area contributed by atoms with Crippen LogP contribution in [0.25, 0.3) is 33.1 Å². The molecule has 6 rings (SSSR count). The molecule has 222 valence electrons. The van der Waals surface area contributed by atoms with Gasteiger partial charge in [-0.05, 0) is 62.9 Å². The molecule has 0 amide bonds. The Balaban J connectivity index is 1.34. The third-order valence-electron chi connectivity index (χ3n) is 8.59. The van der Waals surface area contributed by atoms with Gasteiger partial charge in [0, 0.05) is 73.6 Å². The summed E-state index contributed by atoms with van der Waals surface area (Å²) in [4.78, 5) is 20.6. The molecule has 1 saturated heterocycles. The minimum atomic E-state index is -0.155. The number of nitrogens with zero attached hydrogens (tertiary/aromatic N) is 8. The fourth-order valence-electron chi connectivity index (χ4n) is 6.40. The lowest BCUT2D eigenvalue weighted by Gasteiger charge is -2.31. The lowest BCUT2D eigenvalue weighted by atomic mass is 9.95. The second-order valence-electron chi connectivity index (χ2n) is 11.4. The van der Waals surface area contributed by atoms with E-state index < -0.39 is 0 Å². The van der Waals surface area contributed by atoms with E-state index >= 15 is 0 Å². The molecule has 1 N–H and O–H groups in total. The standard InChI is InChI=1S/C32H36ClN9O/c1-5-41-31-26(18-36-41)29-24(15-20(2)16-25(29)32(43)39(31)4)21(3)37-27-7-8-28(33)38-30(27)22-17-35-42(19-22)23-9-13-40(14-10-23)12-6-11-34/h7-8,15-19,21,23,37H,5-6,9-10,12-14H2,1-4H3. The van der Waals surface area contributed by atoms with E-state index in [1.54, 1.807) is 10.6 Å². The number of pyridine rings is 2. The number of nitrogens with one attached hydrogen (secondary N) is 1. The molecule has 0 spiro atoms. The average molecular weight is 598 g/mol. The number of halogens is 1. The van der Waals surface area contributed by atoms with Crippen LogP contribution >= 0.6 is 11.6 Å². The van der Waals surface area contributed by atoms with Gasteiger partial charge in [0.05, 0.1) is 35.9 Å². The molecule has 11 heteroatoms. The van der Waals surface area contributed by atoms with Crippen molar-refractivity contribution in [1.29, 1.82) is 5.26 Å². The van der Waals surface area contributed by atoms with Crippen LogP contribution in [-0.4, -0.2) is 53.6 Å². The summed E-state index contributed by atoms with van der Waals surface area (Å²) in [7, 11) is 1.81. The van der Waals surface area contributed by atoms with Crippen molar-refractivity contribution in [2.24, 2.45) is 7.05 Å². The van der Waals surface area contributed by atoms with E-state index in [-0.39, 0.29) is 11.6 Å². The summed E-state index contributed by atoms with van der Waals surface area (Å²) in [5.41, 5.74) is 5.27. The fourth-order valence-corrected chi connectivity index (χ4v) is 6.55. The normalized spacial score (nSPS) is 15.3. The molecule has 1 aromatic carbocycles. The van der Waals surface area contributed by atoms with Gasteiger partial charge in [-0.2, -0.15) is 15.5 Å². The third kappa shape index (κ3) is 5.39. The SMILES string of the molecule is CCn1ncc2c3c(C(C)Nc4ccc(Cl)nc4-c4cnn(C5CCN(CCC#N)CC5)c4)cc(C)cc3c(=O)n(C)c21. The predicted molar refractivity (Wildman–Crippen MR) is 170 cm³/mol. The zero-order valence-electron chi connectivity index (χ0n) is 25.0. The van der Waals surface area contributed by atoms with Gasteiger partial charge in [0.1, 0.15) is 10.8 Å². The van der Waals surface area contributed by atoms with Crippen LogP contribution in [0.5, 0.6) is 0 Å². The number of hydrogen-bond donors (Lipinski definition) is 1. The maximum atomic E-state index is 13.5. The average Bonchev–Trinajstić information content (AvgIpc) is 3.67. The molecule has 1 fully saturated rings. The van der Waals surface area contributed by atoms with Crippen LogP contribution in [0.15, 0.2) is 47.7 Å². The van der Waals surface area contributed by atoms with Crippen LogP contribution in [0.3, 0.4) is 0 Å². The van der Waals surface area contributed by atoms with Crippen molar-refractivity contribution in [1.82, 2.24) is 34.0 Å². The molecule has 1 aliphatic rings. The zero-order chi connectivity index (χ0) is 30.2. The molecule has 43 heavy (non-hydrogen) atoms. The summed E-state index contributed by atoms with van der Waals surface area (Å²) in [5.74, 6) is 0. The summed E-state index contributed by atoms with van der Waals surface area (Å²) >= 11 is 6.41. The summed E-state index contributed by atoms with van der Waals surface area (Å²) in [6.45, 7) is 9.56. The number of benzene rings is 1. The highest BCUT2D eigenvalue weighted by atomic mass is 35.5. The van der Waals surface area contributed by atoms with Gasteiger partial charge in [0.2, 0.25) is 0 Å². The molecule has 0 aliphatic carbocycles. The van der Waals surface area contributed by atoms with Crippen molar-refractivity contribution >= 4 is 39.1 Å². The van der Waals surface area contributed by atoms with Gasteiger partial charge < -0.3 is 10.2 Å². The van der Waals surface area contributed by atoms with Gasteiger partial charge in [0.25, 0.3) is 5.56 Å². The van der Waals surface area contributed by atoms with E-state index in [1.165, 1.54) is 0 Å². The number of rotatable bonds is 8. The van der Waals surface area contributed by atoms with Gasteiger partial charge >= 0.3 is 0 Å². The van der Waals surface area contributed by atoms with E-state index in [9.17, 15) is 4.79 Å². The Kier molecular flexibility index (Phi) is 7.95. The number of nitriles is 1. The summed E-state index contributed by atoms with van der Waals surface area (Å²) < 4.78 is 5.61. The highest BCUT2D eigenvalue weighted by molar-refractivity contribution is 6.29. The minimum absolute atomic E-state index is 0.0352. The zero-order valence-corrected chi connectivity index (χ0v) is 25.8. The van der Waals surface area contributed by atoms with E-state index in [1.807, 2.05) is 54.8 Å². The Morgan fingerprint density at radius 1 is 1.16 bits per heavy atom. The van der Waals surface area contributed by atoms with Crippen LogP contribution in [-0.2, 0) is 13.6 Å². The minimum Gasteiger partial charge on any atom is -0.377 e. The number of hydrogen-bond acceptors (Lipinski definition) is 7. The Morgan fingerprint density at radius 2 is 1.95 bits per heavy atom. The first-order chi connectivity index (χ1) is 20.8. The van der Waals surface area contributed by atoms with Crippen LogP contribution < -0.4 is 10.9 Å². The second-order valence-corrected chi connectivity index (χ2v) is 11.8. The molecule has 5 heterocycles. The Morgan fingerprint density at radius 3 is 2.70 bits per heavy atom. The molecule has 0 radical (unpaired) electrons. The van der Waals surface area contributed by atoms with Gasteiger partial charge in [-0.25, -0.2) is 9.67 Å². The summed E-state index contributed by atoms with van der Waals surface area (Å²) in [6, 6.07) is 10.2. The highest BCUT2D eigenvalue weighted by Gasteiger charge is 2.23. The van der Waals surface area contributed by atoms with Crippen molar-refractivity contribution in [3.8, 4) is 17.3 Å². The van der Waals surface area contributed by atoms with Gasteiger partial charge in [-0.1, -0.05) is 17.7 Å². The number of likely N-dealkylation sites (tertiary alicyclic amines) is 1. The molecule has 1 unspecified atom stereocenters. The van der Waals surface area contributed by atoms with Gasteiger partial charge in [-0.15, -0.1) is 0 Å². The van der Waals surface area contributed by atoms with Gasteiger partial charge in [0.15, 0.2) is 0 Å². The second kappa shape index (κ2) is 11.8. The smallest absolute Gasteiger partial charge is 0.259 e. The first-order valence-corrected chi connectivity index (χ1v) is 15.2. The van der Waals surface area contributed by atoms with E-state index in [0.717, 1.165) is 77.0 Å². The topological polar surface area (TPSA) is 110 Å². The third-order valence-corrected chi connectivity index (χ3v) is 8.80. The quantitative estimate of drug-likeness (QED) is 0.223. The van der Waals surface area contributed by atoms with E-state index in [4.69, 9.17) is 26.9 Å². The largest absolute Gasteiger partial charge is 0.377 e. The van der Waals surface area contributed by atoms with Crippen molar-refractivity contribution in [3.05, 3.63) is 69.5 Å². The van der Waals surface area contributed by atoms with Crippen molar-refractivity contribution in [3.63, 3.8) is 0 Å². The molecular formula is C32H36ClN9O. The Hall–Kier alpha value is -4.20. The molecule has 5 aromatic rings. The van der Waals surface area contributed by atoms with Crippen LogP contribution in [0.2, 0.25) is 5.15 Å². The maximum absolute atomic E-state index is 13.5. The summed E-state index contributed by atoms with van der Waals surface area (Å²) in [5, 5.41) is 24.8. The van der Waals surface area contributed by atoms with Crippen LogP contribution in [0.1, 0.15) is 56.3 Å². The Bertz CT molecular complexity index is 1910. The fraction of sp³-hybridized carbons (Fsp3) is 0.406. The number of aromatic nitrogens is 6. The number of anilines is 1. The molecule has 0 bridgehead atoms. The van der Waals surface area contributed by atoms with Crippen molar-refractivity contribution in [2.75, 3.05) is 25.0 Å². The molecule has 1 atom stereocenters. The van der Waals surface area contributed by atoms with Gasteiger partial charge in [-0.3, -0.25) is 14.0 Å². The number of fused-ring (bicyclic) bond motifs is 3. The molecule has 4 aromatic heterocycles. The first kappa shape index (κ1) is 28.9.